The molecule has 90 valence electrons. The number of amides is 1. The van der Waals surface area contributed by atoms with Crippen LogP contribution in [0.15, 0.2) is 34.8 Å². The number of halogens is 2. The fourth-order valence-corrected chi connectivity index (χ4v) is 2.37. The van der Waals surface area contributed by atoms with Gasteiger partial charge in [-0.05, 0) is 31.2 Å². The molecule has 1 aliphatic rings. The highest BCUT2D eigenvalue weighted by Crippen LogP contribution is 2.39. The first-order valence-electron chi connectivity index (χ1n) is 5.15. The molecule has 5 heteroatoms. The number of rotatable bonds is 2. The predicted molar refractivity (Wildman–Crippen MR) is 70.1 cm³/mol. The highest BCUT2D eigenvalue weighted by molar-refractivity contribution is 9.10. The molecular formula is C12H11BrClNO2. The Hall–Kier alpha value is -1.00. The number of carbonyl (C=O) groups is 1. The fraction of sp³-hybridized carbons (Fsp3) is 0.250. The lowest BCUT2D eigenvalue weighted by Crippen LogP contribution is -2.31. The maximum absolute atomic E-state index is 11.5. The Kier molecular flexibility index (Phi) is 3.74. The van der Waals surface area contributed by atoms with Crippen LogP contribution in [0, 0.1) is 0 Å². The summed E-state index contributed by atoms with van der Waals surface area (Å²) in [5.74, 6) is 0.526. The van der Waals surface area contributed by atoms with Crippen LogP contribution in [0.25, 0.3) is 0 Å². The van der Waals surface area contributed by atoms with Crippen molar-refractivity contribution in [3.8, 4) is 5.75 Å². The minimum absolute atomic E-state index is 0.181. The summed E-state index contributed by atoms with van der Waals surface area (Å²) in [6.07, 6.45) is 3.13. The second-order valence-electron chi connectivity index (χ2n) is 3.64. The molecule has 1 heterocycles. The van der Waals surface area contributed by atoms with Gasteiger partial charge in [-0.2, -0.15) is 0 Å². The van der Waals surface area contributed by atoms with E-state index in [0.717, 1.165) is 10.0 Å². The van der Waals surface area contributed by atoms with E-state index in [9.17, 15) is 4.79 Å². The largest absolute Gasteiger partial charge is 0.472 e. The van der Waals surface area contributed by atoms with Gasteiger partial charge in [-0.15, -0.1) is 0 Å². The van der Waals surface area contributed by atoms with Gasteiger partial charge in [0.2, 0.25) is 5.91 Å². The van der Waals surface area contributed by atoms with Crippen molar-refractivity contribution in [2.45, 2.75) is 18.5 Å². The van der Waals surface area contributed by atoms with Gasteiger partial charge < -0.3 is 10.1 Å². The lowest BCUT2D eigenvalue weighted by molar-refractivity contribution is -0.117. The lowest BCUT2D eigenvalue weighted by atomic mass is 10.1. The maximum Gasteiger partial charge on any atom is 0.244 e. The van der Waals surface area contributed by atoms with Crippen molar-refractivity contribution in [1.29, 1.82) is 0 Å². The van der Waals surface area contributed by atoms with Gasteiger partial charge in [0.15, 0.2) is 5.56 Å². The molecule has 0 spiro atoms. The van der Waals surface area contributed by atoms with Crippen molar-refractivity contribution in [1.82, 2.24) is 5.32 Å². The standard InChI is InChI=1S/C12H11BrClNO2/c1-2-3-10(16)15-11-8-6-7(13)4-5-9(8)17-12(11)14/h2-6,11-12H,1H3,(H,15,16)/b3-2+. The molecule has 0 radical (unpaired) electrons. The number of fused-ring (bicyclic) bond motifs is 1. The van der Waals surface area contributed by atoms with E-state index in [1.165, 1.54) is 6.08 Å². The molecule has 0 bridgehead atoms. The van der Waals surface area contributed by atoms with E-state index < -0.39 is 5.56 Å². The van der Waals surface area contributed by atoms with Crippen molar-refractivity contribution in [3.63, 3.8) is 0 Å². The normalized spacial score (nSPS) is 22.3. The number of allylic oxidation sites excluding steroid dienone is 1. The number of carbonyl (C=O) groups excluding carboxylic acids is 1. The van der Waals surface area contributed by atoms with Crippen LogP contribution in [0.1, 0.15) is 18.5 Å². The second-order valence-corrected chi connectivity index (χ2v) is 4.98. The number of hydrogen-bond donors (Lipinski definition) is 1. The Morgan fingerprint density at radius 3 is 3.06 bits per heavy atom. The van der Waals surface area contributed by atoms with Crippen LogP contribution in [-0.4, -0.2) is 11.5 Å². The summed E-state index contributed by atoms with van der Waals surface area (Å²) in [5, 5.41) is 2.81. The Morgan fingerprint density at radius 2 is 2.35 bits per heavy atom. The predicted octanol–water partition coefficient (Wildman–Crippen LogP) is 3.14. The first kappa shape index (κ1) is 12.5. The van der Waals surface area contributed by atoms with Crippen molar-refractivity contribution in [2.24, 2.45) is 0 Å². The molecule has 1 N–H and O–H groups in total. The monoisotopic (exact) mass is 315 g/mol. The molecule has 2 unspecified atom stereocenters. The van der Waals surface area contributed by atoms with E-state index in [1.807, 2.05) is 18.2 Å². The minimum Gasteiger partial charge on any atom is -0.472 e. The minimum atomic E-state index is -0.575. The molecule has 0 saturated carbocycles. The summed E-state index contributed by atoms with van der Waals surface area (Å²) >= 11 is 9.45. The van der Waals surface area contributed by atoms with Crippen molar-refractivity contribution >= 4 is 33.4 Å². The van der Waals surface area contributed by atoms with E-state index in [4.69, 9.17) is 16.3 Å². The van der Waals surface area contributed by atoms with Crippen molar-refractivity contribution in [2.75, 3.05) is 0 Å². The first-order valence-corrected chi connectivity index (χ1v) is 6.38. The van der Waals surface area contributed by atoms with Gasteiger partial charge in [0.1, 0.15) is 11.8 Å². The molecule has 1 aliphatic heterocycles. The SMILES string of the molecule is C/C=C/C(=O)NC1c2cc(Br)ccc2OC1Cl. The van der Waals surface area contributed by atoms with Gasteiger partial charge in [-0.25, -0.2) is 0 Å². The van der Waals surface area contributed by atoms with Crippen LogP contribution >= 0.6 is 27.5 Å². The fourth-order valence-electron chi connectivity index (χ4n) is 1.70. The van der Waals surface area contributed by atoms with Crippen LogP contribution in [0.2, 0.25) is 0 Å². The van der Waals surface area contributed by atoms with Crippen molar-refractivity contribution < 1.29 is 9.53 Å². The van der Waals surface area contributed by atoms with Gasteiger partial charge in [0.05, 0.1) is 0 Å². The summed E-state index contributed by atoms with van der Waals surface area (Å²) < 4.78 is 6.39. The summed E-state index contributed by atoms with van der Waals surface area (Å²) in [6.45, 7) is 1.79. The third-order valence-corrected chi connectivity index (χ3v) is 3.26. The Bertz CT molecular complexity index is 476. The summed E-state index contributed by atoms with van der Waals surface area (Å²) in [6, 6.07) is 5.28. The lowest BCUT2D eigenvalue weighted by Gasteiger charge is -2.13. The summed E-state index contributed by atoms with van der Waals surface area (Å²) in [5.41, 5.74) is 0.311. The van der Waals surface area contributed by atoms with Gasteiger partial charge in [-0.3, -0.25) is 4.79 Å². The molecule has 0 saturated heterocycles. The molecule has 0 aliphatic carbocycles. The third kappa shape index (κ3) is 2.64. The van der Waals surface area contributed by atoms with Crippen LogP contribution < -0.4 is 10.1 Å². The maximum atomic E-state index is 11.5. The number of hydrogen-bond acceptors (Lipinski definition) is 2. The molecule has 0 aromatic heterocycles. The number of benzene rings is 1. The topological polar surface area (TPSA) is 38.3 Å². The number of nitrogens with one attached hydrogen (secondary N) is 1. The van der Waals surface area contributed by atoms with Crippen LogP contribution in [0.3, 0.4) is 0 Å². The number of ether oxygens (including phenoxy) is 1. The molecule has 1 aromatic carbocycles. The quantitative estimate of drug-likeness (QED) is 0.672. The van der Waals surface area contributed by atoms with Gasteiger partial charge in [-0.1, -0.05) is 33.6 Å². The Labute approximate surface area is 113 Å². The molecule has 2 rings (SSSR count). The van der Waals surface area contributed by atoms with E-state index >= 15 is 0 Å². The zero-order valence-corrected chi connectivity index (χ0v) is 11.5. The average Bonchev–Trinajstić information content (AvgIpc) is 2.56. The van der Waals surface area contributed by atoms with Gasteiger partial charge in [0.25, 0.3) is 0 Å². The molecule has 3 nitrogen and oxygen atoms in total. The Balaban J connectivity index is 2.24. The van der Waals surface area contributed by atoms with Crippen molar-refractivity contribution in [3.05, 3.63) is 40.4 Å². The molecule has 1 amide bonds. The van der Waals surface area contributed by atoms with Crippen LogP contribution in [0.5, 0.6) is 5.75 Å². The van der Waals surface area contributed by atoms with Gasteiger partial charge >= 0.3 is 0 Å². The Morgan fingerprint density at radius 1 is 1.59 bits per heavy atom. The third-order valence-electron chi connectivity index (χ3n) is 2.42. The van der Waals surface area contributed by atoms with Gasteiger partial charge in [0, 0.05) is 10.0 Å². The molecule has 17 heavy (non-hydrogen) atoms. The molecule has 1 aromatic rings. The van der Waals surface area contributed by atoms with Crippen LogP contribution in [-0.2, 0) is 4.79 Å². The summed E-state index contributed by atoms with van der Waals surface area (Å²) in [4.78, 5) is 11.5. The highest BCUT2D eigenvalue weighted by Gasteiger charge is 2.33. The molecule has 2 atom stereocenters. The average molecular weight is 317 g/mol. The number of alkyl halides is 1. The van der Waals surface area contributed by atoms with E-state index in [2.05, 4.69) is 21.2 Å². The van der Waals surface area contributed by atoms with E-state index in [-0.39, 0.29) is 11.9 Å². The zero-order chi connectivity index (χ0) is 12.4. The van der Waals surface area contributed by atoms with Crippen LogP contribution in [0.4, 0.5) is 0 Å². The van der Waals surface area contributed by atoms with E-state index in [0.29, 0.717) is 5.75 Å². The molecular weight excluding hydrogens is 305 g/mol. The second kappa shape index (κ2) is 5.10. The smallest absolute Gasteiger partial charge is 0.244 e. The zero-order valence-electron chi connectivity index (χ0n) is 9.11. The first-order chi connectivity index (χ1) is 8.11. The molecule has 0 fully saturated rings. The van der Waals surface area contributed by atoms with E-state index in [1.54, 1.807) is 13.0 Å². The highest BCUT2D eigenvalue weighted by atomic mass is 79.9. The summed E-state index contributed by atoms with van der Waals surface area (Å²) in [7, 11) is 0.